The number of carbonyl (C=O) groups is 1. The van der Waals surface area contributed by atoms with E-state index < -0.39 is 0 Å². The summed E-state index contributed by atoms with van der Waals surface area (Å²) in [5.41, 5.74) is 1.99. The van der Waals surface area contributed by atoms with Gasteiger partial charge in [0.05, 0.1) is 13.2 Å². The Morgan fingerprint density at radius 2 is 1.90 bits per heavy atom. The first-order valence-corrected chi connectivity index (χ1v) is 10.2. The number of carbonyl (C=O) groups excluding carboxylic acids is 1. The Hall–Kier alpha value is -1.39. The fourth-order valence-corrected chi connectivity index (χ4v) is 3.68. The Morgan fingerprint density at radius 1 is 1.21 bits per heavy atom. The fourth-order valence-electron chi connectivity index (χ4n) is 3.68. The van der Waals surface area contributed by atoms with Gasteiger partial charge >= 0.3 is 0 Å². The second-order valence-electron chi connectivity index (χ2n) is 7.78. The Bertz CT molecular complexity index is 674. The predicted molar refractivity (Wildman–Crippen MR) is 128 cm³/mol. The molecule has 0 aromatic heterocycles. The van der Waals surface area contributed by atoms with Crippen molar-refractivity contribution in [1.29, 1.82) is 0 Å². The molecule has 0 aliphatic carbocycles. The van der Waals surface area contributed by atoms with E-state index >= 15 is 0 Å². The van der Waals surface area contributed by atoms with E-state index in [4.69, 9.17) is 4.74 Å². The average Bonchev–Trinajstić information content (AvgIpc) is 3.20. The molecule has 2 saturated heterocycles. The van der Waals surface area contributed by atoms with Crippen molar-refractivity contribution in [3.05, 3.63) is 29.8 Å². The van der Waals surface area contributed by atoms with Gasteiger partial charge in [0.25, 0.3) is 0 Å². The van der Waals surface area contributed by atoms with Gasteiger partial charge in [0.15, 0.2) is 5.96 Å². The zero-order valence-electron chi connectivity index (χ0n) is 17.7. The van der Waals surface area contributed by atoms with E-state index in [1.54, 1.807) is 0 Å². The van der Waals surface area contributed by atoms with Crippen LogP contribution < -0.4 is 10.6 Å². The molecule has 1 aromatic carbocycles. The maximum absolute atomic E-state index is 11.8. The number of halogens is 1. The first kappa shape index (κ1) is 23.9. The van der Waals surface area contributed by atoms with Gasteiger partial charge in [0, 0.05) is 57.4 Å². The van der Waals surface area contributed by atoms with Gasteiger partial charge in [-0.25, -0.2) is 0 Å². The minimum atomic E-state index is -0.0218. The molecular formula is C21H34IN5O2. The van der Waals surface area contributed by atoms with Gasteiger partial charge in [-0.3, -0.25) is 14.7 Å². The molecule has 2 aliphatic rings. The predicted octanol–water partition coefficient (Wildman–Crippen LogP) is 2.38. The van der Waals surface area contributed by atoms with Crippen LogP contribution in [0.2, 0.25) is 0 Å². The van der Waals surface area contributed by atoms with Crippen LogP contribution in [-0.4, -0.2) is 74.1 Å². The van der Waals surface area contributed by atoms with E-state index in [0.717, 1.165) is 56.6 Å². The summed E-state index contributed by atoms with van der Waals surface area (Å²) in [5.74, 6) is 0.967. The smallest absolute Gasteiger partial charge is 0.226 e. The number of benzene rings is 1. The van der Waals surface area contributed by atoms with Crippen LogP contribution in [0.1, 0.15) is 25.8 Å². The zero-order chi connectivity index (χ0) is 19.9. The van der Waals surface area contributed by atoms with Crippen molar-refractivity contribution < 1.29 is 9.53 Å². The van der Waals surface area contributed by atoms with Gasteiger partial charge in [-0.2, -0.15) is 0 Å². The average molecular weight is 515 g/mol. The normalized spacial score (nSPS) is 20.5. The molecule has 1 amide bonds. The monoisotopic (exact) mass is 515 g/mol. The molecule has 1 atom stereocenters. The second kappa shape index (κ2) is 11.7. The molecule has 0 radical (unpaired) electrons. The molecule has 2 heterocycles. The summed E-state index contributed by atoms with van der Waals surface area (Å²) >= 11 is 0. The fraction of sp³-hybridized carbons (Fsp3) is 0.619. The molecular weight excluding hydrogens is 481 g/mol. The number of hydrogen-bond acceptors (Lipinski definition) is 4. The minimum Gasteiger partial charge on any atom is -0.379 e. The molecule has 2 aliphatic heterocycles. The summed E-state index contributed by atoms with van der Waals surface area (Å²) < 4.78 is 5.47. The molecule has 2 fully saturated rings. The van der Waals surface area contributed by atoms with Crippen LogP contribution in [0.15, 0.2) is 29.3 Å². The number of hydrogen-bond donors (Lipinski definition) is 2. The minimum absolute atomic E-state index is 0. The molecule has 29 heavy (non-hydrogen) atoms. The molecule has 7 nitrogen and oxygen atoms in total. The highest BCUT2D eigenvalue weighted by Crippen LogP contribution is 2.17. The van der Waals surface area contributed by atoms with Crippen molar-refractivity contribution in [1.82, 2.24) is 15.1 Å². The number of nitrogens with one attached hydrogen (secondary N) is 2. The SMILES string of the molecule is CN=C(NCc1ccc(NC(=O)C(C)C)cc1)N1CCC(N2CCOCC2)C1.I. The molecule has 0 saturated carbocycles. The van der Waals surface area contributed by atoms with Crippen LogP contribution in [0.5, 0.6) is 0 Å². The van der Waals surface area contributed by atoms with Gasteiger partial charge in [-0.1, -0.05) is 26.0 Å². The number of aliphatic imine (C=N–C) groups is 1. The number of guanidine groups is 1. The summed E-state index contributed by atoms with van der Waals surface area (Å²) in [6, 6.07) is 8.56. The molecule has 3 rings (SSSR count). The third-order valence-corrected chi connectivity index (χ3v) is 5.43. The Labute approximate surface area is 191 Å². The van der Waals surface area contributed by atoms with E-state index in [1.807, 2.05) is 45.2 Å². The maximum atomic E-state index is 11.8. The Morgan fingerprint density at radius 3 is 2.52 bits per heavy atom. The number of nitrogens with zero attached hydrogens (tertiary/aromatic N) is 3. The third-order valence-electron chi connectivity index (χ3n) is 5.43. The van der Waals surface area contributed by atoms with Gasteiger partial charge in [0.1, 0.15) is 0 Å². The molecule has 1 unspecified atom stereocenters. The number of likely N-dealkylation sites (tertiary alicyclic amines) is 1. The lowest BCUT2D eigenvalue weighted by molar-refractivity contribution is -0.118. The van der Waals surface area contributed by atoms with Crippen molar-refractivity contribution >= 4 is 41.5 Å². The van der Waals surface area contributed by atoms with Gasteiger partial charge in [-0.05, 0) is 24.1 Å². The summed E-state index contributed by atoms with van der Waals surface area (Å²) in [6.07, 6.45) is 1.17. The molecule has 8 heteroatoms. The van der Waals surface area contributed by atoms with E-state index in [-0.39, 0.29) is 35.8 Å². The summed E-state index contributed by atoms with van der Waals surface area (Å²) in [4.78, 5) is 21.1. The van der Waals surface area contributed by atoms with Crippen LogP contribution in [0.25, 0.3) is 0 Å². The zero-order valence-corrected chi connectivity index (χ0v) is 20.0. The number of anilines is 1. The maximum Gasteiger partial charge on any atom is 0.226 e. The van der Waals surface area contributed by atoms with E-state index in [2.05, 4.69) is 25.4 Å². The van der Waals surface area contributed by atoms with E-state index in [1.165, 1.54) is 6.42 Å². The first-order valence-electron chi connectivity index (χ1n) is 10.2. The largest absolute Gasteiger partial charge is 0.379 e. The summed E-state index contributed by atoms with van der Waals surface area (Å²) in [5, 5.41) is 6.40. The lowest BCUT2D eigenvalue weighted by Crippen LogP contribution is -2.46. The highest BCUT2D eigenvalue weighted by Gasteiger charge is 2.30. The van der Waals surface area contributed by atoms with Crippen LogP contribution >= 0.6 is 24.0 Å². The third kappa shape index (κ3) is 6.82. The van der Waals surface area contributed by atoms with Gasteiger partial charge < -0.3 is 20.3 Å². The van der Waals surface area contributed by atoms with E-state index in [0.29, 0.717) is 12.6 Å². The van der Waals surface area contributed by atoms with Crippen LogP contribution in [0.3, 0.4) is 0 Å². The molecule has 2 N–H and O–H groups in total. The van der Waals surface area contributed by atoms with Crippen LogP contribution in [-0.2, 0) is 16.1 Å². The molecule has 0 bridgehead atoms. The lowest BCUT2D eigenvalue weighted by Gasteiger charge is -2.32. The summed E-state index contributed by atoms with van der Waals surface area (Å²) in [6.45, 7) is 10.3. The van der Waals surface area contributed by atoms with Crippen molar-refractivity contribution in [3.8, 4) is 0 Å². The van der Waals surface area contributed by atoms with Crippen molar-refractivity contribution in [3.63, 3.8) is 0 Å². The van der Waals surface area contributed by atoms with Crippen molar-refractivity contribution in [2.24, 2.45) is 10.9 Å². The van der Waals surface area contributed by atoms with Crippen LogP contribution in [0.4, 0.5) is 5.69 Å². The lowest BCUT2D eigenvalue weighted by atomic mass is 10.1. The van der Waals surface area contributed by atoms with Gasteiger partial charge in [-0.15, -0.1) is 24.0 Å². The Kier molecular flexibility index (Phi) is 9.64. The van der Waals surface area contributed by atoms with Crippen molar-refractivity contribution in [2.75, 3.05) is 51.8 Å². The highest BCUT2D eigenvalue weighted by molar-refractivity contribution is 14.0. The highest BCUT2D eigenvalue weighted by atomic mass is 127. The van der Waals surface area contributed by atoms with Gasteiger partial charge in [0.2, 0.25) is 5.91 Å². The number of rotatable bonds is 5. The quantitative estimate of drug-likeness (QED) is 0.358. The number of amides is 1. The second-order valence-corrected chi connectivity index (χ2v) is 7.78. The molecule has 162 valence electrons. The summed E-state index contributed by atoms with van der Waals surface area (Å²) in [7, 11) is 1.84. The first-order chi connectivity index (χ1) is 13.6. The molecule has 0 spiro atoms. The topological polar surface area (TPSA) is 69.2 Å². The standard InChI is InChI=1S/C21H33N5O2.HI/c1-16(2)20(27)24-18-6-4-17(5-7-18)14-23-21(22-3)26-9-8-19(15-26)25-10-12-28-13-11-25;/h4-7,16,19H,8-15H2,1-3H3,(H,22,23)(H,24,27);1H. The number of morpholine rings is 1. The van der Waals surface area contributed by atoms with E-state index in [9.17, 15) is 4.79 Å². The Balaban J connectivity index is 0.00000300. The number of ether oxygens (including phenoxy) is 1. The van der Waals surface area contributed by atoms with Crippen LogP contribution in [0, 0.1) is 5.92 Å². The van der Waals surface area contributed by atoms with Crippen molar-refractivity contribution in [2.45, 2.75) is 32.9 Å². The molecule has 1 aromatic rings.